The van der Waals surface area contributed by atoms with Crippen LogP contribution in [-0.2, 0) is 26.0 Å². The second-order valence-electron chi connectivity index (χ2n) is 9.08. The van der Waals surface area contributed by atoms with Gasteiger partial charge < -0.3 is 9.64 Å². The molecular weight excluding hydrogens is 452 g/mol. The van der Waals surface area contributed by atoms with Crippen LogP contribution in [-0.4, -0.2) is 62.3 Å². The third-order valence-electron chi connectivity index (χ3n) is 6.68. The predicted octanol–water partition coefficient (Wildman–Crippen LogP) is 3.50. The Morgan fingerprint density at radius 1 is 0.882 bits per heavy atom. The van der Waals surface area contributed by atoms with Gasteiger partial charge in [-0.05, 0) is 61.8 Å². The Kier molecular flexibility index (Phi) is 8.00. The van der Waals surface area contributed by atoms with Crippen LogP contribution in [0.4, 0.5) is 0 Å². The van der Waals surface area contributed by atoms with Gasteiger partial charge in [-0.15, -0.1) is 0 Å². The molecule has 2 saturated heterocycles. The van der Waals surface area contributed by atoms with Crippen molar-refractivity contribution in [1.29, 1.82) is 0 Å². The highest BCUT2D eigenvalue weighted by atomic mass is 32.2. The number of esters is 1. The molecule has 34 heavy (non-hydrogen) atoms. The Bertz CT molecular complexity index is 1090. The number of hydrogen-bond donors (Lipinski definition) is 0. The lowest BCUT2D eigenvalue weighted by atomic mass is 9.90. The van der Waals surface area contributed by atoms with Gasteiger partial charge in [0.1, 0.15) is 0 Å². The summed E-state index contributed by atoms with van der Waals surface area (Å²) in [6.45, 7) is 1.95. The zero-order valence-corrected chi connectivity index (χ0v) is 20.2. The molecule has 0 bridgehead atoms. The smallest absolute Gasteiger partial charge is 0.338 e. The molecule has 4 rings (SSSR count). The molecule has 2 heterocycles. The minimum atomic E-state index is -3.64. The lowest BCUT2D eigenvalue weighted by Crippen LogP contribution is -2.41. The summed E-state index contributed by atoms with van der Waals surface area (Å²) in [5, 5.41) is 0. The van der Waals surface area contributed by atoms with Crippen LogP contribution in [0.15, 0.2) is 59.5 Å². The van der Waals surface area contributed by atoms with Crippen molar-refractivity contribution in [3.63, 3.8) is 0 Å². The average Bonchev–Trinajstić information content (AvgIpc) is 2.88. The molecule has 8 heteroatoms. The van der Waals surface area contributed by atoms with Gasteiger partial charge in [-0.25, -0.2) is 13.2 Å². The van der Waals surface area contributed by atoms with E-state index in [2.05, 4.69) is 12.1 Å². The lowest BCUT2D eigenvalue weighted by Gasteiger charge is -2.32. The number of carbonyl (C=O) groups is 2. The number of nitrogens with zero attached hydrogens (tertiary/aromatic N) is 2. The van der Waals surface area contributed by atoms with Gasteiger partial charge in [0, 0.05) is 26.2 Å². The lowest BCUT2D eigenvalue weighted by molar-refractivity contribution is -0.135. The second kappa shape index (κ2) is 11.1. The van der Waals surface area contributed by atoms with Crippen LogP contribution < -0.4 is 0 Å². The fourth-order valence-electron chi connectivity index (χ4n) is 4.67. The van der Waals surface area contributed by atoms with Crippen molar-refractivity contribution < 1.29 is 22.7 Å². The molecule has 2 fully saturated rings. The molecule has 0 saturated carbocycles. The summed E-state index contributed by atoms with van der Waals surface area (Å²) < 4.78 is 32.5. The number of carbonyl (C=O) groups excluding carboxylic acids is 2. The summed E-state index contributed by atoms with van der Waals surface area (Å²) in [6.07, 6.45) is 5.56. The van der Waals surface area contributed by atoms with Crippen LogP contribution in [0.5, 0.6) is 0 Å². The summed E-state index contributed by atoms with van der Waals surface area (Å²) in [7, 11) is -3.64. The van der Waals surface area contributed by atoms with E-state index in [9.17, 15) is 18.0 Å². The highest BCUT2D eigenvalue weighted by molar-refractivity contribution is 7.89. The third-order valence-corrected chi connectivity index (χ3v) is 8.58. The van der Waals surface area contributed by atoms with Crippen LogP contribution in [0.1, 0.15) is 48.0 Å². The van der Waals surface area contributed by atoms with Crippen LogP contribution in [0.3, 0.4) is 0 Å². The van der Waals surface area contributed by atoms with Crippen molar-refractivity contribution >= 4 is 21.9 Å². The van der Waals surface area contributed by atoms with Crippen molar-refractivity contribution in [3.05, 3.63) is 65.7 Å². The molecule has 0 aliphatic carbocycles. The van der Waals surface area contributed by atoms with E-state index in [1.54, 1.807) is 4.90 Å². The number of ether oxygens (including phenoxy) is 1. The Morgan fingerprint density at radius 3 is 2.29 bits per heavy atom. The highest BCUT2D eigenvalue weighted by Gasteiger charge is 2.27. The molecule has 2 aromatic rings. The van der Waals surface area contributed by atoms with E-state index in [-0.39, 0.29) is 23.0 Å². The number of benzene rings is 2. The summed E-state index contributed by atoms with van der Waals surface area (Å²) in [5.41, 5.74) is 1.44. The molecule has 0 N–H and O–H groups in total. The van der Waals surface area contributed by atoms with Gasteiger partial charge in [0.25, 0.3) is 5.91 Å². The molecule has 0 atom stereocenters. The molecule has 1 amide bonds. The molecule has 0 radical (unpaired) electrons. The SMILES string of the molecule is O=C(OCC(=O)N1CCC(Cc2ccccc2)CC1)c1cccc(S(=O)(=O)N2CCCCC2)c1. The first kappa shape index (κ1) is 24.4. The van der Waals surface area contributed by atoms with Gasteiger partial charge in [0.15, 0.2) is 6.61 Å². The summed E-state index contributed by atoms with van der Waals surface area (Å²) in [6, 6.07) is 16.2. The predicted molar refractivity (Wildman–Crippen MR) is 129 cm³/mol. The summed E-state index contributed by atoms with van der Waals surface area (Å²) in [5.74, 6) is -0.370. The summed E-state index contributed by atoms with van der Waals surface area (Å²) >= 11 is 0. The Hall–Kier alpha value is -2.71. The van der Waals surface area contributed by atoms with Crippen LogP contribution in [0.2, 0.25) is 0 Å². The first-order valence-corrected chi connectivity index (χ1v) is 13.5. The van der Waals surface area contributed by atoms with E-state index in [4.69, 9.17) is 4.74 Å². The number of sulfonamides is 1. The van der Waals surface area contributed by atoms with Gasteiger partial charge in [-0.2, -0.15) is 4.31 Å². The van der Waals surface area contributed by atoms with E-state index in [1.165, 1.54) is 34.1 Å². The fraction of sp³-hybridized carbons (Fsp3) is 0.462. The number of amides is 1. The largest absolute Gasteiger partial charge is 0.452 e. The number of piperidine rings is 2. The van der Waals surface area contributed by atoms with Crippen molar-refractivity contribution in [2.24, 2.45) is 5.92 Å². The average molecular weight is 485 g/mol. The molecule has 2 aromatic carbocycles. The molecule has 7 nitrogen and oxygen atoms in total. The van der Waals surface area contributed by atoms with Gasteiger partial charge >= 0.3 is 5.97 Å². The molecule has 2 aliphatic heterocycles. The standard InChI is InChI=1S/C26H32N2O5S/c29-25(27-16-12-22(13-17-27)18-21-8-3-1-4-9-21)20-33-26(30)23-10-7-11-24(19-23)34(31,32)28-14-5-2-6-15-28/h1,3-4,7-11,19,22H,2,5-6,12-18,20H2. The number of hydrogen-bond acceptors (Lipinski definition) is 5. The maximum absolute atomic E-state index is 12.9. The Balaban J connectivity index is 1.27. The zero-order chi connectivity index (χ0) is 24.0. The normalized spacial score (nSPS) is 17.9. The first-order valence-electron chi connectivity index (χ1n) is 12.0. The molecule has 182 valence electrons. The van der Waals surface area contributed by atoms with Crippen LogP contribution in [0, 0.1) is 5.92 Å². The number of likely N-dealkylation sites (tertiary alicyclic amines) is 1. The van der Waals surface area contributed by atoms with E-state index < -0.39 is 16.0 Å². The third kappa shape index (κ3) is 6.04. The zero-order valence-electron chi connectivity index (χ0n) is 19.4. The molecule has 0 unspecified atom stereocenters. The maximum Gasteiger partial charge on any atom is 0.338 e. The van der Waals surface area contributed by atoms with Gasteiger partial charge in [0.05, 0.1) is 10.5 Å². The Morgan fingerprint density at radius 2 is 1.59 bits per heavy atom. The second-order valence-corrected chi connectivity index (χ2v) is 11.0. The highest BCUT2D eigenvalue weighted by Crippen LogP contribution is 2.23. The van der Waals surface area contributed by atoms with Crippen molar-refractivity contribution in [3.8, 4) is 0 Å². The minimum Gasteiger partial charge on any atom is -0.452 e. The minimum absolute atomic E-state index is 0.0793. The van der Waals surface area contributed by atoms with Gasteiger partial charge in [-0.1, -0.05) is 42.8 Å². The fourth-order valence-corrected chi connectivity index (χ4v) is 6.24. The van der Waals surface area contributed by atoms with Crippen molar-refractivity contribution in [1.82, 2.24) is 9.21 Å². The quantitative estimate of drug-likeness (QED) is 0.562. The molecule has 2 aliphatic rings. The molecular formula is C26H32N2O5S. The topological polar surface area (TPSA) is 84.0 Å². The van der Waals surface area contributed by atoms with Crippen molar-refractivity contribution in [2.45, 2.75) is 43.4 Å². The van der Waals surface area contributed by atoms with Gasteiger partial charge in [-0.3, -0.25) is 4.79 Å². The van der Waals surface area contributed by atoms with Crippen LogP contribution >= 0.6 is 0 Å². The summed E-state index contributed by atoms with van der Waals surface area (Å²) in [4.78, 5) is 26.9. The van der Waals surface area contributed by atoms with E-state index in [1.807, 2.05) is 18.2 Å². The van der Waals surface area contributed by atoms with Crippen molar-refractivity contribution in [2.75, 3.05) is 32.8 Å². The first-order chi connectivity index (χ1) is 16.4. The Labute approximate surface area is 201 Å². The molecule has 0 spiro atoms. The monoisotopic (exact) mass is 484 g/mol. The van der Waals surface area contributed by atoms with E-state index in [0.29, 0.717) is 32.1 Å². The maximum atomic E-state index is 12.9. The van der Waals surface area contributed by atoms with E-state index >= 15 is 0 Å². The van der Waals surface area contributed by atoms with Crippen LogP contribution in [0.25, 0.3) is 0 Å². The van der Waals surface area contributed by atoms with E-state index in [0.717, 1.165) is 38.5 Å². The number of rotatable bonds is 7. The molecule has 0 aromatic heterocycles. The van der Waals surface area contributed by atoms with Gasteiger partial charge in [0.2, 0.25) is 10.0 Å².